The highest BCUT2D eigenvalue weighted by Gasteiger charge is 2.37. The van der Waals surface area contributed by atoms with Crippen molar-refractivity contribution in [3.05, 3.63) is 42.0 Å². The molecular formula is C17H16O6. The van der Waals surface area contributed by atoms with Gasteiger partial charge >= 0.3 is 5.97 Å². The maximum absolute atomic E-state index is 11.2. The molecule has 2 aromatic carbocycles. The van der Waals surface area contributed by atoms with Crippen molar-refractivity contribution in [2.75, 3.05) is 14.2 Å². The Morgan fingerprint density at radius 2 is 1.70 bits per heavy atom. The molecule has 0 aliphatic carbocycles. The molecule has 6 nitrogen and oxygen atoms in total. The van der Waals surface area contributed by atoms with Crippen molar-refractivity contribution >= 4 is 5.97 Å². The number of carboxylic acids is 1. The van der Waals surface area contributed by atoms with Gasteiger partial charge in [0.15, 0.2) is 12.2 Å². The summed E-state index contributed by atoms with van der Waals surface area (Å²) in [4.78, 5) is 11.2. The summed E-state index contributed by atoms with van der Waals surface area (Å²) in [5.41, 5.74) is 1.88. The van der Waals surface area contributed by atoms with E-state index in [0.29, 0.717) is 33.9 Å². The minimum absolute atomic E-state index is 0.437. The van der Waals surface area contributed by atoms with Gasteiger partial charge in [-0.15, -0.1) is 0 Å². The SMILES string of the molecule is COc1cccc2c1-c1c(OC)cccc1C(C(O)C(=O)O)O2. The summed E-state index contributed by atoms with van der Waals surface area (Å²) < 4.78 is 16.6. The molecule has 1 aliphatic rings. The topological polar surface area (TPSA) is 85.2 Å². The van der Waals surface area contributed by atoms with Crippen LogP contribution in [0.4, 0.5) is 0 Å². The average Bonchev–Trinajstić information content (AvgIpc) is 2.58. The third-order valence-corrected chi connectivity index (χ3v) is 3.84. The number of carboxylic acid groups (broad SMARTS) is 1. The van der Waals surface area contributed by atoms with Gasteiger partial charge in [-0.1, -0.05) is 18.2 Å². The number of aliphatic hydroxyl groups excluding tert-OH is 1. The van der Waals surface area contributed by atoms with Crippen LogP contribution in [0.2, 0.25) is 0 Å². The molecule has 23 heavy (non-hydrogen) atoms. The predicted molar refractivity (Wildman–Crippen MR) is 82.0 cm³/mol. The molecule has 1 heterocycles. The van der Waals surface area contributed by atoms with Crippen molar-refractivity contribution in [1.82, 2.24) is 0 Å². The van der Waals surface area contributed by atoms with Crippen LogP contribution < -0.4 is 14.2 Å². The van der Waals surface area contributed by atoms with Crippen LogP contribution in [0, 0.1) is 0 Å². The first kappa shape index (κ1) is 15.2. The van der Waals surface area contributed by atoms with E-state index in [4.69, 9.17) is 19.3 Å². The smallest absolute Gasteiger partial charge is 0.336 e. The highest BCUT2D eigenvalue weighted by atomic mass is 16.5. The number of carbonyl (C=O) groups is 1. The number of methoxy groups -OCH3 is 2. The molecule has 3 rings (SSSR count). The summed E-state index contributed by atoms with van der Waals surface area (Å²) in [5, 5.41) is 19.2. The van der Waals surface area contributed by atoms with Gasteiger partial charge in [0, 0.05) is 11.1 Å². The Balaban J connectivity index is 2.29. The maximum Gasteiger partial charge on any atom is 0.336 e. The van der Waals surface area contributed by atoms with E-state index in [-0.39, 0.29) is 0 Å². The van der Waals surface area contributed by atoms with E-state index in [9.17, 15) is 9.90 Å². The van der Waals surface area contributed by atoms with E-state index in [1.54, 1.807) is 43.5 Å². The fourth-order valence-electron chi connectivity index (χ4n) is 2.81. The molecule has 6 heteroatoms. The minimum atomic E-state index is -1.69. The van der Waals surface area contributed by atoms with E-state index in [1.165, 1.54) is 7.11 Å². The zero-order valence-corrected chi connectivity index (χ0v) is 12.6. The summed E-state index contributed by atoms with van der Waals surface area (Å²) in [7, 11) is 3.08. The fraction of sp³-hybridized carbons (Fsp3) is 0.235. The summed E-state index contributed by atoms with van der Waals surface area (Å²) in [5.74, 6) is 0.220. The van der Waals surface area contributed by atoms with Crippen LogP contribution in [0.5, 0.6) is 17.2 Å². The van der Waals surface area contributed by atoms with Crippen LogP contribution >= 0.6 is 0 Å². The molecule has 2 aromatic rings. The third kappa shape index (κ3) is 2.37. The lowest BCUT2D eigenvalue weighted by molar-refractivity contribution is -0.152. The first-order chi connectivity index (χ1) is 11.1. The largest absolute Gasteiger partial charge is 0.496 e. The third-order valence-electron chi connectivity index (χ3n) is 3.84. The Morgan fingerprint density at radius 3 is 2.30 bits per heavy atom. The van der Waals surface area contributed by atoms with Crippen molar-refractivity contribution in [2.24, 2.45) is 0 Å². The van der Waals surface area contributed by atoms with Gasteiger partial charge in [-0.3, -0.25) is 0 Å². The first-order valence-corrected chi connectivity index (χ1v) is 7.00. The number of hydrogen-bond acceptors (Lipinski definition) is 5. The van der Waals surface area contributed by atoms with Gasteiger partial charge in [0.25, 0.3) is 0 Å². The molecule has 0 aromatic heterocycles. The molecule has 2 atom stereocenters. The highest BCUT2D eigenvalue weighted by molar-refractivity contribution is 5.86. The van der Waals surface area contributed by atoms with E-state index >= 15 is 0 Å². The fourth-order valence-corrected chi connectivity index (χ4v) is 2.81. The van der Waals surface area contributed by atoms with Crippen LogP contribution in [0.1, 0.15) is 11.7 Å². The van der Waals surface area contributed by atoms with Crippen molar-refractivity contribution in [3.63, 3.8) is 0 Å². The molecule has 0 amide bonds. The Morgan fingerprint density at radius 1 is 1.09 bits per heavy atom. The second-order valence-electron chi connectivity index (χ2n) is 5.08. The van der Waals surface area contributed by atoms with Crippen molar-refractivity contribution in [3.8, 4) is 28.4 Å². The second-order valence-corrected chi connectivity index (χ2v) is 5.08. The average molecular weight is 316 g/mol. The van der Waals surface area contributed by atoms with Crippen molar-refractivity contribution in [1.29, 1.82) is 0 Å². The zero-order chi connectivity index (χ0) is 16.6. The molecule has 0 saturated heterocycles. The number of fused-ring (bicyclic) bond motifs is 3. The van der Waals surface area contributed by atoms with Gasteiger partial charge in [0.05, 0.1) is 19.8 Å². The molecule has 0 spiro atoms. The lowest BCUT2D eigenvalue weighted by atomic mass is 9.89. The van der Waals surface area contributed by atoms with Crippen LogP contribution in [0.25, 0.3) is 11.1 Å². The summed E-state index contributed by atoms with van der Waals surface area (Å²) >= 11 is 0. The number of aliphatic carboxylic acids is 1. The van der Waals surface area contributed by atoms with E-state index in [2.05, 4.69) is 0 Å². The lowest BCUT2D eigenvalue weighted by Crippen LogP contribution is -2.33. The molecule has 0 bridgehead atoms. The van der Waals surface area contributed by atoms with Crippen molar-refractivity contribution < 1.29 is 29.2 Å². The summed E-state index contributed by atoms with van der Waals surface area (Å²) in [6.45, 7) is 0. The summed E-state index contributed by atoms with van der Waals surface area (Å²) in [6.07, 6.45) is -2.72. The number of ether oxygens (including phenoxy) is 3. The standard InChI is InChI=1S/C17H16O6/c1-21-10-6-3-5-9-13(10)14-11(22-2)7-4-8-12(14)23-16(9)15(18)17(19)20/h3-8,15-16,18H,1-2H3,(H,19,20). The molecule has 2 N–H and O–H groups in total. The molecule has 120 valence electrons. The van der Waals surface area contributed by atoms with Gasteiger partial charge in [-0.25, -0.2) is 4.79 Å². The molecule has 0 saturated carbocycles. The van der Waals surface area contributed by atoms with Crippen LogP contribution in [-0.2, 0) is 4.79 Å². The van der Waals surface area contributed by atoms with Gasteiger partial charge in [-0.2, -0.15) is 0 Å². The molecule has 0 fully saturated rings. The molecule has 0 radical (unpaired) electrons. The minimum Gasteiger partial charge on any atom is -0.496 e. The Kier molecular flexibility index (Phi) is 3.83. The number of rotatable bonds is 4. The van der Waals surface area contributed by atoms with Crippen LogP contribution in [0.3, 0.4) is 0 Å². The van der Waals surface area contributed by atoms with E-state index in [0.717, 1.165) is 0 Å². The molecular weight excluding hydrogens is 300 g/mol. The normalized spacial score (nSPS) is 16.6. The molecule has 1 aliphatic heterocycles. The Bertz CT molecular complexity index is 755. The van der Waals surface area contributed by atoms with Gasteiger partial charge < -0.3 is 24.4 Å². The van der Waals surface area contributed by atoms with Gasteiger partial charge in [0.2, 0.25) is 0 Å². The lowest BCUT2D eigenvalue weighted by Gasteiger charge is -2.31. The monoisotopic (exact) mass is 316 g/mol. The maximum atomic E-state index is 11.2. The quantitative estimate of drug-likeness (QED) is 0.900. The Hall–Kier alpha value is -2.73. The highest BCUT2D eigenvalue weighted by Crippen LogP contribution is 2.51. The van der Waals surface area contributed by atoms with Gasteiger partial charge in [-0.05, 0) is 18.2 Å². The Labute approximate surface area is 132 Å². The number of aliphatic hydroxyl groups is 1. The van der Waals surface area contributed by atoms with E-state index in [1.807, 2.05) is 0 Å². The zero-order valence-electron chi connectivity index (χ0n) is 12.6. The number of benzene rings is 2. The van der Waals surface area contributed by atoms with Crippen molar-refractivity contribution in [2.45, 2.75) is 12.2 Å². The second kappa shape index (κ2) is 5.81. The number of hydrogen-bond donors (Lipinski definition) is 2. The van der Waals surface area contributed by atoms with Gasteiger partial charge in [0.1, 0.15) is 17.2 Å². The predicted octanol–water partition coefficient (Wildman–Crippen LogP) is 2.25. The summed E-state index contributed by atoms with van der Waals surface area (Å²) in [6, 6.07) is 10.4. The van der Waals surface area contributed by atoms with Crippen LogP contribution in [-0.4, -0.2) is 36.5 Å². The van der Waals surface area contributed by atoms with E-state index < -0.39 is 18.2 Å². The molecule has 2 unspecified atom stereocenters. The first-order valence-electron chi connectivity index (χ1n) is 7.00. The van der Waals surface area contributed by atoms with Crippen LogP contribution in [0.15, 0.2) is 36.4 Å².